The monoisotopic (exact) mass is 113 g/mol. The first-order chi connectivity index (χ1) is 3.80. The van der Waals surface area contributed by atoms with E-state index in [9.17, 15) is 0 Å². The second-order valence-electron chi connectivity index (χ2n) is 1.63. The third-order valence-corrected chi connectivity index (χ3v) is 0.934. The first kappa shape index (κ1) is 5.31. The predicted molar refractivity (Wildman–Crippen MR) is 27.1 cm³/mol. The molecule has 1 rings (SSSR count). The third kappa shape index (κ3) is 0.869. The molecule has 1 unspecified atom stereocenters. The molecule has 0 aliphatic rings. The van der Waals surface area contributed by atoms with E-state index in [0.29, 0.717) is 5.56 Å². The molecule has 44 valence electrons. The van der Waals surface area contributed by atoms with Crippen LogP contribution in [0.15, 0.2) is 17.0 Å². The summed E-state index contributed by atoms with van der Waals surface area (Å²) in [6.07, 6.45) is 2.44. The number of aliphatic hydroxyl groups excluding tert-OH is 1. The van der Waals surface area contributed by atoms with Gasteiger partial charge in [-0.2, -0.15) is 0 Å². The highest BCUT2D eigenvalue weighted by molar-refractivity contribution is 5.02. The van der Waals surface area contributed by atoms with Gasteiger partial charge in [-0.05, 0) is 6.92 Å². The van der Waals surface area contributed by atoms with Crippen LogP contribution in [0.5, 0.6) is 0 Å². The maximum atomic E-state index is 8.81. The fourth-order valence-electron chi connectivity index (χ4n) is 0.419. The van der Waals surface area contributed by atoms with Crippen LogP contribution in [-0.2, 0) is 0 Å². The summed E-state index contributed by atoms with van der Waals surface area (Å²) < 4.78 is 4.47. The molecule has 0 spiro atoms. The number of hydrogen-bond acceptors (Lipinski definition) is 3. The van der Waals surface area contributed by atoms with Crippen molar-refractivity contribution in [3.05, 3.63) is 18.0 Å². The predicted octanol–water partition coefficient (Wildman–Crippen LogP) is 0.728. The fraction of sp³-hybridized carbons (Fsp3) is 0.400. The Balaban J connectivity index is 2.77. The van der Waals surface area contributed by atoms with Gasteiger partial charge in [-0.25, -0.2) is 0 Å². The van der Waals surface area contributed by atoms with E-state index in [1.165, 1.54) is 12.5 Å². The summed E-state index contributed by atoms with van der Waals surface area (Å²) in [5, 5.41) is 12.2. The lowest BCUT2D eigenvalue weighted by atomic mass is 10.2. The Hall–Kier alpha value is -0.830. The number of aliphatic hydroxyl groups is 1. The van der Waals surface area contributed by atoms with Gasteiger partial charge in [0.15, 0.2) is 0 Å². The summed E-state index contributed by atoms with van der Waals surface area (Å²) in [5.74, 6) is 0. The quantitative estimate of drug-likeness (QED) is 0.583. The van der Waals surface area contributed by atoms with E-state index in [2.05, 4.69) is 9.68 Å². The van der Waals surface area contributed by atoms with E-state index in [0.717, 1.165) is 0 Å². The van der Waals surface area contributed by atoms with Crippen molar-refractivity contribution in [2.24, 2.45) is 0 Å². The van der Waals surface area contributed by atoms with E-state index in [4.69, 9.17) is 5.11 Å². The van der Waals surface area contributed by atoms with Crippen molar-refractivity contribution in [3.63, 3.8) is 0 Å². The van der Waals surface area contributed by atoms with Crippen LogP contribution < -0.4 is 0 Å². The molecule has 0 aliphatic heterocycles. The Bertz CT molecular complexity index is 145. The lowest BCUT2D eigenvalue weighted by molar-refractivity contribution is 0.198. The molecule has 0 fully saturated rings. The Morgan fingerprint density at radius 1 is 1.88 bits per heavy atom. The Morgan fingerprint density at radius 2 is 2.62 bits per heavy atom. The number of rotatable bonds is 1. The smallest absolute Gasteiger partial charge is 0.129 e. The normalized spacial score (nSPS) is 13.8. The average molecular weight is 113 g/mol. The van der Waals surface area contributed by atoms with Gasteiger partial charge in [-0.3, -0.25) is 0 Å². The standard InChI is InChI=1S/C5H7NO2/c1-4(7)5-2-6-8-3-5/h2-4,7H,1H3. The van der Waals surface area contributed by atoms with Crippen molar-refractivity contribution >= 4 is 0 Å². The molecule has 1 aromatic heterocycles. The van der Waals surface area contributed by atoms with Gasteiger partial charge in [-0.15, -0.1) is 0 Å². The Morgan fingerprint density at radius 3 is 2.88 bits per heavy atom. The van der Waals surface area contributed by atoms with E-state index < -0.39 is 6.10 Å². The topological polar surface area (TPSA) is 46.3 Å². The van der Waals surface area contributed by atoms with Crippen LogP contribution in [0.4, 0.5) is 0 Å². The van der Waals surface area contributed by atoms with Gasteiger partial charge in [0.1, 0.15) is 6.26 Å². The largest absolute Gasteiger partial charge is 0.389 e. The van der Waals surface area contributed by atoms with Crippen molar-refractivity contribution in [2.45, 2.75) is 13.0 Å². The summed E-state index contributed by atoms with van der Waals surface area (Å²) in [7, 11) is 0. The van der Waals surface area contributed by atoms with Crippen LogP contribution in [0.25, 0.3) is 0 Å². The zero-order valence-corrected chi connectivity index (χ0v) is 4.53. The molecule has 3 nitrogen and oxygen atoms in total. The number of hydrogen-bond donors (Lipinski definition) is 1. The van der Waals surface area contributed by atoms with Crippen LogP contribution in [-0.4, -0.2) is 10.3 Å². The second-order valence-corrected chi connectivity index (χ2v) is 1.63. The van der Waals surface area contributed by atoms with E-state index in [1.807, 2.05) is 0 Å². The molecule has 0 bridgehead atoms. The van der Waals surface area contributed by atoms with Crippen molar-refractivity contribution in [3.8, 4) is 0 Å². The maximum Gasteiger partial charge on any atom is 0.129 e. The highest BCUT2D eigenvalue weighted by atomic mass is 16.5. The minimum absolute atomic E-state index is 0.471. The first-order valence-electron chi connectivity index (χ1n) is 2.38. The molecule has 1 heterocycles. The minimum atomic E-state index is -0.471. The molecular formula is C5H7NO2. The van der Waals surface area contributed by atoms with E-state index in [-0.39, 0.29) is 0 Å². The highest BCUT2D eigenvalue weighted by Crippen LogP contribution is 2.08. The van der Waals surface area contributed by atoms with Crippen LogP contribution in [0.3, 0.4) is 0 Å². The summed E-state index contributed by atoms with van der Waals surface area (Å²) in [6.45, 7) is 1.66. The number of aromatic nitrogens is 1. The molecule has 0 radical (unpaired) electrons. The van der Waals surface area contributed by atoms with Crippen molar-refractivity contribution in [1.82, 2.24) is 5.16 Å². The molecule has 8 heavy (non-hydrogen) atoms. The molecular weight excluding hydrogens is 106 g/mol. The SMILES string of the molecule is CC(O)c1cnoc1. The lowest BCUT2D eigenvalue weighted by Gasteiger charge is -1.92. The van der Waals surface area contributed by atoms with Crippen molar-refractivity contribution < 1.29 is 9.63 Å². The summed E-state index contributed by atoms with van der Waals surface area (Å²) in [6, 6.07) is 0. The van der Waals surface area contributed by atoms with Gasteiger partial charge in [0.2, 0.25) is 0 Å². The molecule has 0 aromatic carbocycles. The minimum Gasteiger partial charge on any atom is -0.389 e. The second kappa shape index (κ2) is 1.96. The Labute approximate surface area is 46.9 Å². The summed E-state index contributed by atoms with van der Waals surface area (Å²) >= 11 is 0. The molecule has 1 N–H and O–H groups in total. The van der Waals surface area contributed by atoms with Crippen LogP contribution >= 0.6 is 0 Å². The maximum absolute atomic E-state index is 8.81. The van der Waals surface area contributed by atoms with Crippen molar-refractivity contribution in [1.29, 1.82) is 0 Å². The van der Waals surface area contributed by atoms with Crippen LogP contribution in [0, 0.1) is 0 Å². The molecule has 3 heteroatoms. The van der Waals surface area contributed by atoms with Gasteiger partial charge in [0.05, 0.1) is 12.3 Å². The van der Waals surface area contributed by atoms with Crippen LogP contribution in [0.2, 0.25) is 0 Å². The lowest BCUT2D eigenvalue weighted by Crippen LogP contribution is -1.85. The number of nitrogens with zero attached hydrogens (tertiary/aromatic N) is 1. The zero-order chi connectivity index (χ0) is 5.98. The van der Waals surface area contributed by atoms with E-state index in [1.54, 1.807) is 6.92 Å². The average Bonchev–Trinajstić information content (AvgIpc) is 2.12. The first-order valence-corrected chi connectivity index (χ1v) is 2.38. The molecule has 1 aromatic rings. The van der Waals surface area contributed by atoms with Gasteiger partial charge in [0, 0.05) is 5.56 Å². The molecule has 0 aliphatic carbocycles. The summed E-state index contributed by atoms with van der Waals surface area (Å²) in [5.41, 5.74) is 0.713. The third-order valence-electron chi connectivity index (χ3n) is 0.934. The Kier molecular flexibility index (Phi) is 1.30. The molecule has 0 saturated carbocycles. The zero-order valence-electron chi connectivity index (χ0n) is 4.53. The van der Waals surface area contributed by atoms with Gasteiger partial charge < -0.3 is 9.63 Å². The fourth-order valence-corrected chi connectivity index (χ4v) is 0.419. The summed E-state index contributed by atoms with van der Waals surface area (Å²) in [4.78, 5) is 0. The molecule has 1 atom stereocenters. The highest BCUT2D eigenvalue weighted by Gasteiger charge is 1.99. The van der Waals surface area contributed by atoms with Gasteiger partial charge in [-0.1, -0.05) is 5.16 Å². The van der Waals surface area contributed by atoms with Crippen molar-refractivity contribution in [2.75, 3.05) is 0 Å². The van der Waals surface area contributed by atoms with E-state index >= 15 is 0 Å². The molecule has 0 saturated heterocycles. The molecule has 0 amide bonds. The van der Waals surface area contributed by atoms with Gasteiger partial charge in [0.25, 0.3) is 0 Å². The van der Waals surface area contributed by atoms with Crippen LogP contribution in [0.1, 0.15) is 18.6 Å². The van der Waals surface area contributed by atoms with Gasteiger partial charge >= 0.3 is 0 Å².